The van der Waals surface area contributed by atoms with Crippen molar-refractivity contribution in [3.8, 4) is 11.5 Å². The second-order valence-corrected chi connectivity index (χ2v) is 9.46. The predicted molar refractivity (Wildman–Crippen MR) is 141 cm³/mol. The Bertz CT molecular complexity index is 1600. The molecule has 3 aromatic carbocycles. The summed E-state index contributed by atoms with van der Waals surface area (Å²) in [6, 6.07) is 13.1. The van der Waals surface area contributed by atoms with Crippen LogP contribution >= 0.6 is 0 Å². The number of nitro groups is 1. The molecular weight excluding hydrogens is 555 g/mol. The third-order valence-electron chi connectivity index (χ3n) is 6.80. The molecule has 3 amide bonds. The van der Waals surface area contributed by atoms with Crippen molar-refractivity contribution in [2.24, 2.45) is 0 Å². The largest absolute Gasteiger partial charge is 0.481 e. The van der Waals surface area contributed by atoms with Gasteiger partial charge < -0.3 is 29.7 Å². The van der Waals surface area contributed by atoms with Gasteiger partial charge in [0.2, 0.25) is 6.79 Å². The minimum absolute atomic E-state index is 0.0275. The maximum atomic E-state index is 13.9. The Kier molecular flexibility index (Phi) is 7.69. The highest BCUT2D eigenvalue weighted by molar-refractivity contribution is 6.02. The molecule has 0 aliphatic carbocycles. The monoisotopic (exact) mass is 578 g/mol. The molecule has 1 saturated heterocycles. The van der Waals surface area contributed by atoms with Gasteiger partial charge in [-0.3, -0.25) is 29.3 Å². The zero-order chi connectivity index (χ0) is 30.0. The highest BCUT2D eigenvalue weighted by atomic mass is 19.1. The van der Waals surface area contributed by atoms with Gasteiger partial charge in [-0.15, -0.1) is 0 Å². The van der Waals surface area contributed by atoms with Gasteiger partial charge in [-0.05, 0) is 42.0 Å². The molecule has 2 unspecified atom stereocenters. The van der Waals surface area contributed by atoms with Gasteiger partial charge in [0, 0.05) is 36.3 Å². The van der Waals surface area contributed by atoms with Crippen LogP contribution in [0, 0.1) is 15.9 Å². The van der Waals surface area contributed by atoms with Crippen molar-refractivity contribution in [1.82, 2.24) is 15.1 Å². The van der Waals surface area contributed by atoms with Gasteiger partial charge in [-0.25, -0.2) is 4.39 Å². The van der Waals surface area contributed by atoms with Crippen LogP contribution in [0.5, 0.6) is 11.5 Å². The summed E-state index contributed by atoms with van der Waals surface area (Å²) in [6.45, 7) is -0.197. The van der Waals surface area contributed by atoms with Crippen molar-refractivity contribution in [2.75, 3.05) is 19.9 Å². The SMILES string of the molecule is O=C(O)CC(NC(=O)C1N(C(=O)c2cccc(F)c2)CCN1C(=O)c1ccc2c(c1)OCO2)c1cccc([N+](=O)[O-])c1. The Morgan fingerprint density at radius 2 is 1.62 bits per heavy atom. The number of aliphatic carboxylic acids is 1. The van der Waals surface area contributed by atoms with E-state index in [0.717, 1.165) is 28.0 Å². The summed E-state index contributed by atoms with van der Waals surface area (Å²) in [7, 11) is 0. The van der Waals surface area contributed by atoms with Crippen LogP contribution in [0.2, 0.25) is 0 Å². The molecule has 0 radical (unpaired) electrons. The summed E-state index contributed by atoms with van der Waals surface area (Å²) < 4.78 is 24.6. The number of nitro benzene ring substituents is 1. The number of fused-ring (bicyclic) bond motifs is 1. The maximum absolute atomic E-state index is 13.9. The van der Waals surface area contributed by atoms with Crippen molar-refractivity contribution in [1.29, 1.82) is 0 Å². The molecule has 0 aromatic heterocycles. The number of carboxylic acids is 1. The number of benzene rings is 3. The predicted octanol–water partition coefficient (Wildman–Crippen LogP) is 2.72. The van der Waals surface area contributed by atoms with Crippen LogP contribution in [0.3, 0.4) is 0 Å². The van der Waals surface area contributed by atoms with Crippen molar-refractivity contribution >= 4 is 29.4 Å². The zero-order valence-electron chi connectivity index (χ0n) is 21.8. The van der Waals surface area contributed by atoms with E-state index in [1.165, 1.54) is 48.5 Å². The topological polar surface area (TPSA) is 169 Å². The van der Waals surface area contributed by atoms with Crippen molar-refractivity contribution in [2.45, 2.75) is 18.6 Å². The first-order valence-electron chi connectivity index (χ1n) is 12.7. The minimum atomic E-state index is -1.56. The highest BCUT2D eigenvalue weighted by Gasteiger charge is 2.44. The van der Waals surface area contributed by atoms with E-state index in [9.17, 15) is 38.8 Å². The Hall–Kier alpha value is -5.53. The Morgan fingerprint density at radius 1 is 0.952 bits per heavy atom. The number of carboxylic acid groups (broad SMARTS) is 1. The maximum Gasteiger partial charge on any atom is 0.305 e. The number of hydrogen-bond acceptors (Lipinski definition) is 8. The highest BCUT2D eigenvalue weighted by Crippen LogP contribution is 2.34. The molecule has 14 heteroatoms. The van der Waals surface area contributed by atoms with E-state index in [0.29, 0.717) is 11.5 Å². The van der Waals surface area contributed by atoms with Gasteiger partial charge in [0.25, 0.3) is 23.4 Å². The second-order valence-electron chi connectivity index (χ2n) is 9.46. The smallest absolute Gasteiger partial charge is 0.305 e. The quantitative estimate of drug-likeness (QED) is 0.302. The van der Waals surface area contributed by atoms with Crippen LogP contribution in [-0.2, 0) is 9.59 Å². The molecule has 13 nitrogen and oxygen atoms in total. The first-order valence-corrected chi connectivity index (χ1v) is 12.7. The average Bonchev–Trinajstić information content (AvgIpc) is 3.63. The van der Waals surface area contributed by atoms with E-state index in [1.807, 2.05) is 0 Å². The van der Waals surface area contributed by atoms with Crippen LogP contribution in [0.15, 0.2) is 66.7 Å². The van der Waals surface area contributed by atoms with Crippen LogP contribution in [0.1, 0.15) is 38.7 Å². The van der Waals surface area contributed by atoms with Crippen molar-refractivity contribution in [3.05, 3.63) is 99.4 Å². The second kappa shape index (κ2) is 11.5. The Labute approximate surface area is 237 Å². The molecular formula is C28H23FN4O9. The van der Waals surface area contributed by atoms with Crippen LogP contribution < -0.4 is 14.8 Å². The number of ether oxygens (including phenoxy) is 2. The summed E-state index contributed by atoms with van der Waals surface area (Å²) >= 11 is 0. The Balaban J connectivity index is 1.49. The van der Waals surface area contributed by atoms with Crippen LogP contribution in [-0.4, -0.2) is 69.6 Å². The van der Waals surface area contributed by atoms with E-state index in [-0.39, 0.29) is 42.3 Å². The standard InChI is InChI=1S/C28H23FN4O9/c29-19-5-1-4-17(11-19)27(37)31-9-10-32(28(38)18-7-8-22-23(13-18)42-15-41-22)26(31)25(36)30-21(14-24(34)35)16-3-2-6-20(12-16)33(39)40/h1-8,11-13,21,26H,9-10,14-15H2,(H,30,36)(H,34,35). The molecule has 3 aromatic rings. The van der Waals surface area contributed by atoms with E-state index in [4.69, 9.17) is 9.47 Å². The molecule has 2 aliphatic rings. The number of amides is 3. The summed E-state index contributed by atoms with van der Waals surface area (Å²) in [5, 5.41) is 23.4. The molecule has 0 spiro atoms. The first kappa shape index (κ1) is 28.0. The van der Waals surface area contributed by atoms with Crippen LogP contribution in [0.4, 0.5) is 10.1 Å². The fourth-order valence-corrected chi connectivity index (χ4v) is 4.85. The normalized spacial score (nSPS) is 16.2. The fraction of sp³-hybridized carbons (Fsp3) is 0.214. The lowest BCUT2D eigenvalue weighted by Crippen LogP contribution is -2.54. The number of nitrogens with zero attached hydrogens (tertiary/aromatic N) is 3. The van der Waals surface area contributed by atoms with E-state index < -0.39 is 53.1 Å². The number of carbonyl (C=O) groups excluding carboxylic acids is 3. The van der Waals surface area contributed by atoms with E-state index >= 15 is 0 Å². The van der Waals surface area contributed by atoms with E-state index in [1.54, 1.807) is 0 Å². The first-order chi connectivity index (χ1) is 20.1. The number of hydrogen-bond donors (Lipinski definition) is 2. The number of nitrogens with one attached hydrogen (secondary N) is 1. The summed E-state index contributed by atoms with van der Waals surface area (Å²) in [4.78, 5) is 65.5. The summed E-state index contributed by atoms with van der Waals surface area (Å²) in [5.74, 6) is -3.52. The molecule has 42 heavy (non-hydrogen) atoms. The zero-order valence-corrected chi connectivity index (χ0v) is 21.8. The molecule has 1 fully saturated rings. The minimum Gasteiger partial charge on any atom is -0.481 e. The van der Waals surface area contributed by atoms with Crippen molar-refractivity contribution in [3.63, 3.8) is 0 Å². The summed E-state index contributed by atoms with van der Waals surface area (Å²) in [5.41, 5.74) is -0.112. The third kappa shape index (κ3) is 5.68. The third-order valence-corrected chi connectivity index (χ3v) is 6.80. The molecule has 2 N–H and O–H groups in total. The van der Waals surface area contributed by atoms with Gasteiger partial charge in [0.1, 0.15) is 5.82 Å². The summed E-state index contributed by atoms with van der Waals surface area (Å²) in [6.07, 6.45) is -2.21. The Morgan fingerprint density at radius 3 is 2.29 bits per heavy atom. The number of halogens is 1. The van der Waals surface area contributed by atoms with Gasteiger partial charge >= 0.3 is 5.97 Å². The lowest BCUT2D eigenvalue weighted by molar-refractivity contribution is -0.384. The number of rotatable bonds is 8. The molecule has 5 rings (SSSR count). The molecule has 2 heterocycles. The lowest BCUT2D eigenvalue weighted by atomic mass is 10.0. The van der Waals surface area contributed by atoms with Gasteiger partial charge in [-0.2, -0.15) is 0 Å². The van der Waals surface area contributed by atoms with E-state index in [2.05, 4.69) is 5.32 Å². The molecule has 2 atom stereocenters. The van der Waals surface area contributed by atoms with Gasteiger partial charge in [0.15, 0.2) is 17.7 Å². The fourth-order valence-electron chi connectivity index (χ4n) is 4.85. The van der Waals surface area contributed by atoms with Gasteiger partial charge in [-0.1, -0.05) is 18.2 Å². The molecule has 216 valence electrons. The van der Waals surface area contributed by atoms with Crippen LogP contribution in [0.25, 0.3) is 0 Å². The number of non-ortho nitro benzene ring substituents is 1. The molecule has 2 aliphatic heterocycles. The van der Waals surface area contributed by atoms with Crippen molar-refractivity contribution < 1.29 is 43.1 Å². The average molecular weight is 579 g/mol. The molecule has 0 bridgehead atoms. The van der Waals surface area contributed by atoms with Gasteiger partial charge in [0.05, 0.1) is 17.4 Å². The number of carbonyl (C=O) groups is 4. The lowest BCUT2D eigenvalue weighted by Gasteiger charge is -2.31. The molecule has 0 saturated carbocycles.